The van der Waals surface area contributed by atoms with Crippen LogP contribution in [-0.4, -0.2) is 21.1 Å². The molecule has 1 aromatic carbocycles. The molecule has 0 heterocycles. The van der Waals surface area contributed by atoms with Crippen LogP contribution in [-0.2, 0) is 11.2 Å². The summed E-state index contributed by atoms with van der Waals surface area (Å²) in [4.78, 5) is 20.1. The number of nitro benzene ring substituents is 1. The van der Waals surface area contributed by atoms with E-state index in [-0.39, 0.29) is 17.0 Å². The van der Waals surface area contributed by atoms with Crippen LogP contribution >= 0.6 is 0 Å². The molecule has 0 saturated carbocycles. The van der Waals surface area contributed by atoms with Crippen LogP contribution in [0.1, 0.15) is 5.56 Å². The van der Waals surface area contributed by atoms with Crippen molar-refractivity contribution in [3.8, 4) is 5.75 Å². The Morgan fingerprint density at radius 1 is 1.50 bits per heavy atom. The van der Waals surface area contributed by atoms with E-state index in [0.29, 0.717) is 0 Å². The molecule has 0 aromatic heterocycles. The zero-order chi connectivity index (χ0) is 10.7. The SMILES string of the molecule is O=C(O)Cc1ccc(O)cc1[N+](=O)[O-]. The summed E-state index contributed by atoms with van der Waals surface area (Å²) in [6.45, 7) is 0. The number of phenols is 1. The van der Waals surface area contributed by atoms with Crippen LogP contribution in [0.5, 0.6) is 5.75 Å². The van der Waals surface area contributed by atoms with Gasteiger partial charge in [0.25, 0.3) is 5.69 Å². The molecule has 0 amide bonds. The van der Waals surface area contributed by atoms with Gasteiger partial charge in [0.05, 0.1) is 17.4 Å². The van der Waals surface area contributed by atoms with Crippen molar-refractivity contribution in [2.45, 2.75) is 6.42 Å². The predicted octanol–water partition coefficient (Wildman–Crippen LogP) is 0.927. The Morgan fingerprint density at radius 3 is 2.64 bits per heavy atom. The summed E-state index contributed by atoms with van der Waals surface area (Å²) < 4.78 is 0. The summed E-state index contributed by atoms with van der Waals surface area (Å²) in [7, 11) is 0. The fourth-order valence-electron chi connectivity index (χ4n) is 1.03. The summed E-state index contributed by atoms with van der Waals surface area (Å²) in [5.41, 5.74) is -0.312. The van der Waals surface area contributed by atoms with Crippen LogP contribution in [0.2, 0.25) is 0 Å². The monoisotopic (exact) mass is 197 g/mol. The molecule has 1 rings (SSSR count). The smallest absolute Gasteiger partial charge is 0.308 e. The molecule has 0 bridgehead atoms. The lowest BCUT2D eigenvalue weighted by Gasteiger charge is -1.99. The van der Waals surface area contributed by atoms with Crippen molar-refractivity contribution in [2.24, 2.45) is 0 Å². The Kier molecular flexibility index (Phi) is 2.66. The van der Waals surface area contributed by atoms with Gasteiger partial charge in [0, 0.05) is 5.56 Å². The molecule has 0 atom stereocenters. The molecule has 0 fully saturated rings. The molecule has 0 unspecified atom stereocenters. The fraction of sp³-hybridized carbons (Fsp3) is 0.125. The van der Waals surface area contributed by atoms with Gasteiger partial charge in [-0.1, -0.05) is 0 Å². The van der Waals surface area contributed by atoms with E-state index in [9.17, 15) is 14.9 Å². The van der Waals surface area contributed by atoms with Crippen LogP contribution in [0.15, 0.2) is 18.2 Å². The van der Waals surface area contributed by atoms with Crippen LogP contribution < -0.4 is 0 Å². The highest BCUT2D eigenvalue weighted by Gasteiger charge is 2.16. The summed E-state index contributed by atoms with van der Waals surface area (Å²) in [6.07, 6.45) is -0.434. The van der Waals surface area contributed by atoms with Gasteiger partial charge < -0.3 is 10.2 Å². The number of carboxylic acid groups (broad SMARTS) is 1. The maximum absolute atomic E-state index is 10.5. The van der Waals surface area contributed by atoms with E-state index in [1.165, 1.54) is 12.1 Å². The Labute approximate surface area is 78.6 Å². The number of benzene rings is 1. The standard InChI is InChI=1S/C8H7NO5/c10-6-2-1-5(3-8(11)12)7(4-6)9(13)14/h1-2,4,10H,3H2,(H,11,12). The first kappa shape index (κ1) is 9.97. The molecule has 2 N–H and O–H groups in total. The highest BCUT2D eigenvalue weighted by molar-refractivity contribution is 5.72. The Morgan fingerprint density at radius 2 is 2.14 bits per heavy atom. The van der Waals surface area contributed by atoms with Gasteiger partial charge in [0.1, 0.15) is 5.75 Å². The molecule has 0 aliphatic carbocycles. The second-order valence-electron chi connectivity index (χ2n) is 2.64. The summed E-state index contributed by atoms with van der Waals surface area (Å²) in [5, 5.41) is 27.9. The number of hydrogen-bond acceptors (Lipinski definition) is 4. The third kappa shape index (κ3) is 2.19. The second kappa shape index (κ2) is 3.73. The molecule has 1 aromatic rings. The van der Waals surface area contributed by atoms with Crippen molar-refractivity contribution in [1.82, 2.24) is 0 Å². The minimum absolute atomic E-state index is 0.0697. The number of nitro groups is 1. The van der Waals surface area contributed by atoms with Gasteiger partial charge in [-0.3, -0.25) is 14.9 Å². The average molecular weight is 197 g/mol. The highest BCUT2D eigenvalue weighted by atomic mass is 16.6. The number of carbonyl (C=O) groups is 1. The topological polar surface area (TPSA) is 101 Å². The minimum atomic E-state index is -1.15. The third-order valence-electron chi connectivity index (χ3n) is 1.61. The first-order valence-electron chi connectivity index (χ1n) is 3.69. The third-order valence-corrected chi connectivity index (χ3v) is 1.61. The minimum Gasteiger partial charge on any atom is -0.508 e. The lowest BCUT2D eigenvalue weighted by Crippen LogP contribution is -2.03. The van der Waals surface area contributed by atoms with Gasteiger partial charge in [0.2, 0.25) is 0 Å². The van der Waals surface area contributed by atoms with Gasteiger partial charge in [-0.05, 0) is 12.1 Å². The van der Waals surface area contributed by atoms with Crippen LogP contribution in [0, 0.1) is 10.1 Å². The maximum atomic E-state index is 10.5. The van der Waals surface area contributed by atoms with Crippen molar-refractivity contribution >= 4 is 11.7 Å². The number of rotatable bonds is 3. The Balaban J connectivity index is 3.14. The average Bonchev–Trinajstić information content (AvgIpc) is 2.07. The van der Waals surface area contributed by atoms with Crippen molar-refractivity contribution in [3.05, 3.63) is 33.9 Å². The molecule has 0 saturated heterocycles. The zero-order valence-electron chi connectivity index (χ0n) is 7.01. The highest BCUT2D eigenvalue weighted by Crippen LogP contribution is 2.23. The van der Waals surface area contributed by atoms with Gasteiger partial charge in [-0.2, -0.15) is 0 Å². The lowest BCUT2D eigenvalue weighted by atomic mass is 10.1. The normalized spacial score (nSPS) is 9.71. The van der Waals surface area contributed by atoms with E-state index in [0.717, 1.165) is 6.07 Å². The Bertz CT molecular complexity index is 387. The molecule has 6 heteroatoms. The van der Waals surface area contributed by atoms with E-state index in [1.54, 1.807) is 0 Å². The van der Waals surface area contributed by atoms with Crippen LogP contribution in [0.25, 0.3) is 0 Å². The molecule has 0 spiro atoms. The molecule has 0 radical (unpaired) electrons. The molecular formula is C8H7NO5. The zero-order valence-corrected chi connectivity index (χ0v) is 7.01. The number of hydrogen-bond donors (Lipinski definition) is 2. The van der Waals surface area contributed by atoms with E-state index in [2.05, 4.69) is 0 Å². The molecule has 14 heavy (non-hydrogen) atoms. The summed E-state index contributed by atoms with van der Waals surface area (Å²) in [5.74, 6) is -1.41. The van der Waals surface area contributed by atoms with Crippen molar-refractivity contribution in [3.63, 3.8) is 0 Å². The first-order valence-corrected chi connectivity index (χ1v) is 3.69. The molecule has 0 aliphatic heterocycles. The van der Waals surface area contributed by atoms with Gasteiger partial charge in [-0.25, -0.2) is 0 Å². The fourth-order valence-corrected chi connectivity index (χ4v) is 1.03. The van der Waals surface area contributed by atoms with E-state index in [4.69, 9.17) is 10.2 Å². The largest absolute Gasteiger partial charge is 0.508 e. The molecule has 6 nitrogen and oxygen atoms in total. The van der Waals surface area contributed by atoms with Gasteiger partial charge in [0.15, 0.2) is 0 Å². The number of aromatic hydroxyl groups is 1. The lowest BCUT2D eigenvalue weighted by molar-refractivity contribution is -0.385. The van der Waals surface area contributed by atoms with E-state index >= 15 is 0 Å². The molecule has 0 aliphatic rings. The van der Waals surface area contributed by atoms with E-state index < -0.39 is 17.3 Å². The van der Waals surface area contributed by atoms with Crippen molar-refractivity contribution in [1.29, 1.82) is 0 Å². The molecular weight excluding hydrogens is 190 g/mol. The quantitative estimate of drug-likeness (QED) is 0.554. The van der Waals surface area contributed by atoms with Gasteiger partial charge >= 0.3 is 5.97 Å². The Hall–Kier alpha value is -2.11. The number of nitrogens with zero attached hydrogens (tertiary/aromatic N) is 1. The first-order chi connectivity index (χ1) is 6.50. The van der Waals surface area contributed by atoms with Gasteiger partial charge in [-0.15, -0.1) is 0 Å². The number of aliphatic carboxylic acids is 1. The second-order valence-corrected chi connectivity index (χ2v) is 2.64. The predicted molar refractivity (Wildman–Crippen MR) is 46.1 cm³/mol. The summed E-state index contributed by atoms with van der Waals surface area (Å²) in [6, 6.07) is 3.37. The number of carboxylic acids is 1. The van der Waals surface area contributed by atoms with E-state index in [1.807, 2.05) is 0 Å². The summed E-state index contributed by atoms with van der Waals surface area (Å²) >= 11 is 0. The maximum Gasteiger partial charge on any atom is 0.308 e. The number of phenolic OH excluding ortho intramolecular Hbond substituents is 1. The van der Waals surface area contributed by atoms with Crippen molar-refractivity contribution in [2.75, 3.05) is 0 Å². The molecule has 74 valence electrons. The van der Waals surface area contributed by atoms with Crippen LogP contribution in [0.4, 0.5) is 5.69 Å². The van der Waals surface area contributed by atoms with Crippen molar-refractivity contribution < 1.29 is 19.9 Å². The van der Waals surface area contributed by atoms with Crippen LogP contribution in [0.3, 0.4) is 0 Å².